The summed E-state index contributed by atoms with van der Waals surface area (Å²) in [6, 6.07) is 17.2. The van der Waals surface area contributed by atoms with Gasteiger partial charge in [-0.05, 0) is 29.7 Å². The number of benzene rings is 2. The van der Waals surface area contributed by atoms with E-state index in [-0.39, 0.29) is 5.97 Å². The highest BCUT2D eigenvalue weighted by Crippen LogP contribution is 2.06. The minimum atomic E-state index is -0.420. The number of nitrogens with one attached hydrogen (secondary N) is 1. The predicted octanol–water partition coefficient (Wildman–Crippen LogP) is 2.17. The molecule has 0 spiro atoms. The molecule has 1 atom stereocenters. The largest absolute Gasteiger partial charge is 0.465 e. The van der Waals surface area contributed by atoms with E-state index < -0.39 is 6.10 Å². The van der Waals surface area contributed by atoms with E-state index >= 15 is 0 Å². The lowest BCUT2D eigenvalue weighted by Gasteiger charge is -2.12. The van der Waals surface area contributed by atoms with Crippen molar-refractivity contribution in [3.05, 3.63) is 71.3 Å². The Morgan fingerprint density at radius 1 is 1.09 bits per heavy atom. The summed E-state index contributed by atoms with van der Waals surface area (Å²) in [6.07, 6.45) is 0.214. The molecule has 0 fully saturated rings. The molecule has 0 aromatic heterocycles. The van der Waals surface area contributed by atoms with E-state index in [4.69, 9.17) is 0 Å². The van der Waals surface area contributed by atoms with Gasteiger partial charge in [-0.2, -0.15) is 0 Å². The molecule has 4 nitrogen and oxygen atoms in total. The van der Waals surface area contributed by atoms with Gasteiger partial charge in [-0.1, -0.05) is 42.5 Å². The van der Waals surface area contributed by atoms with Crippen molar-refractivity contribution < 1.29 is 14.6 Å². The highest BCUT2D eigenvalue weighted by molar-refractivity contribution is 5.89. The smallest absolute Gasteiger partial charge is 0.337 e. The molecule has 2 rings (SSSR count). The lowest BCUT2D eigenvalue weighted by Crippen LogP contribution is -2.28. The normalized spacial score (nSPS) is 11.9. The molecular weight excluding hydrogens is 278 g/mol. The van der Waals surface area contributed by atoms with E-state index in [1.54, 1.807) is 12.1 Å². The lowest BCUT2D eigenvalue weighted by molar-refractivity contribution is 0.0600. The average Bonchev–Trinajstić information content (AvgIpc) is 2.55. The molecule has 22 heavy (non-hydrogen) atoms. The number of aliphatic hydroxyl groups is 1. The number of methoxy groups -OCH3 is 1. The molecule has 0 saturated carbocycles. The Morgan fingerprint density at radius 3 is 2.41 bits per heavy atom. The summed E-state index contributed by atoms with van der Waals surface area (Å²) in [6.45, 7) is 1.17. The zero-order chi connectivity index (χ0) is 15.8. The molecule has 4 heteroatoms. The van der Waals surface area contributed by atoms with Crippen LogP contribution in [0.4, 0.5) is 0 Å². The fourth-order valence-electron chi connectivity index (χ4n) is 2.22. The first kappa shape index (κ1) is 16.2. The van der Waals surface area contributed by atoms with Gasteiger partial charge in [0.15, 0.2) is 0 Å². The molecule has 0 radical (unpaired) electrons. The van der Waals surface area contributed by atoms with Gasteiger partial charge in [0.2, 0.25) is 0 Å². The van der Waals surface area contributed by atoms with Gasteiger partial charge >= 0.3 is 5.97 Å². The maximum Gasteiger partial charge on any atom is 0.337 e. The summed E-state index contributed by atoms with van der Waals surface area (Å²) in [4.78, 5) is 11.3. The van der Waals surface area contributed by atoms with Crippen molar-refractivity contribution >= 4 is 5.97 Å². The molecule has 0 aliphatic carbocycles. The second-order valence-electron chi connectivity index (χ2n) is 5.16. The Kier molecular flexibility index (Phi) is 6.13. The zero-order valence-electron chi connectivity index (χ0n) is 12.7. The van der Waals surface area contributed by atoms with Crippen molar-refractivity contribution in [2.75, 3.05) is 13.7 Å². The van der Waals surface area contributed by atoms with Gasteiger partial charge in [0.25, 0.3) is 0 Å². The van der Waals surface area contributed by atoms with Gasteiger partial charge < -0.3 is 15.2 Å². The van der Waals surface area contributed by atoms with Crippen LogP contribution in [0, 0.1) is 0 Å². The first-order chi connectivity index (χ1) is 10.7. The minimum Gasteiger partial charge on any atom is -0.465 e. The van der Waals surface area contributed by atoms with Crippen molar-refractivity contribution in [1.29, 1.82) is 0 Å². The van der Waals surface area contributed by atoms with Crippen LogP contribution in [0.5, 0.6) is 0 Å². The maximum atomic E-state index is 11.3. The number of hydrogen-bond acceptors (Lipinski definition) is 4. The van der Waals surface area contributed by atoms with Gasteiger partial charge in [-0.15, -0.1) is 0 Å². The average molecular weight is 299 g/mol. The Bertz CT molecular complexity index is 581. The number of carbonyl (C=O) groups excluding carboxylic acids is 1. The maximum absolute atomic E-state index is 11.3. The summed E-state index contributed by atoms with van der Waals surface area (Å²) in [5, 5.41) is 13.2. The van der Waals surface area contributed by atoms with E-state index in [0.717, 1.165) is 11.1 Å². The topological polar surface area (TPSA) is 58.6 Å². The van der Waals surface area contributed by atoms with Crippen LogP contribution in [0.2, 0.25) is 0 Å². The number of carbonyl (C=O) groups is 1. The van der Waals surface area contributed by atoms with Crippen LogP contribution >= 0.6 is 0 Å². The number of ether oxygens (including phenoxy) is 1. The third-order valence-corrected chi connectivity index (χ3v) is 3.40. The summed E-state index contributed by atoms with van der Waals surface area (Å²) < 4.78 is 4.66. The van der Waals surface area contributed by atoms with E-state index in [2.05, 4.69) is 10.1 Å². The Morgan fingerprint density at radius 2 is 1.77 bits per heavy atom. The summed E-state index contributed by atoms with van der Waals surface area (Å²) in [7, 11) is 1.37. The van der Waals surface area contributed by atoms with Gasteiger partial charge in [-0.3, -0.25) is 0 Å². The van der Waals surface area contributed by atoms with E-state index in [1.807, 2.05) is 42.5 Å². The molecule has 0 unspecified atom stereocenters. The Labute approximate surface area is 130 Å². The highest BCUT2D eigenvalue weighted by Gasteiger charge is 2.06. The van der Waals surface area contributed by atoms with Crippen LogP contribution in [0.3, 0.4) is 0 Å². The molecule has 2 aromatic carbocycles. The minimum absolute atomic E-state index is 0.335. The molecule has 2 N–H and O–H groups in total. The molecule has 0 bridgehead atoms. The third kappa shape index (κ3) is 4.98. The van der Waals surface area contributed by atoms with Crippen molar-refractivity contribution in [2.24, 2.45) is 0 Å². The highest BCUT2D eigenvalue weighted by atomic mass is 16.5. The van der Waals surface area contributed by atoms with Crippen LogP contribution in [0.25, 0.3) is 0 Å². The molecule has 0 aliphatic rings. The second kappa shape index (κ2) is 8.32. The van der Waals surface area contributed by atoms with E-state index in [9.17, 15) is 9.90 Å². The molecule has 0 saturated heterocycles. The monoisotopic (exact) mass is 299 g/mol. The van der Waals surface area contributed by atoms with Crippen LogP contribution in [0.15, 0.2) is 54.6 Å². The molecule has 0 amide bonds. The summed E-state index contributed by atoms with van der Waals surface area (Å²) >= 11 is 0. The van der Waals surface area contributed by atoms with Gasteiger partial charge in [0.05, 0.1) is 18.8 Å². The van der Waals surface area contributed by atoms with Gasteiger partial charge in [0, 0.05) is 13.1 Å². The second-order valence-corrected chi connectivity index (χ2v) is 5.16. The fourth-order valence-corrected chi connectivity index (χ4v) is 2.22. The SMILES string of the molecule is COC(=O)c1ccc(CNC[C@@H](O)Cc2ccccc2)cc1. The van der Waals surface area contributed by atoms with E-state index in [1.165, 1.54) is 7.11 Å². The van der Waals surface area contributed by atoms with Crippen molar-refractivity contribution in [3.8, 4) is 0 Å². The van der Waals surface area contributed by atoms with Crippen molar-refractivity contribution in [1.82, 2.24) is 5.32 Å². The standard InChI is InChI=1S/C18H21NO3/c1-22-18(21)16-9-7-15(8-10-16)12-19-13-17(20)11-14-5-3-2-4-6-14/h2-10,17,19-20H,11-13H2,1H3/t17-/m0/s1. The summed E-state index contributed by atoms with van der Waals surface area (Å²) in [5.41, 5.74) is 2.72. The van der Waals surface area contributed by atoms with Gasteiger partial charge in [-0.25, -0.2) is 4.79 Å². The van der Waals surface area contributed by atoms with Crippen LogP contribution in [-0.4, -0.2) is 30.8 Å². The van der Waals surface area contributed by atoms with Crippen LogP contribution in [-0.2, 0) is 17.7 Å². The Hall–Kier alpha value is -2.17. The molecule has 0 aliphatic heterocycles. The first-order valence-electron chi connectivity index (χ1n) is 7.29. The van der Waals surface area contributed by atoms with Gasteiger partial charge in [0.1, 0.15) is 0 Å². The summed E-state index contributed by atoms with van der Waals surface area (Å²) in [5.74, 6) is -0.335. The Balaban J connectivity index is 1.75. The lowest BCUT2D eigenvalue weighted by atomic mass is 10.1. The predicted molar refractivity (Wildman–Crippen MR) is 85.6 cm³/mol. The molecule has 116 valence electrons. The zero-order valence-corrected chi connectivity index (χ0v) is 12.7. The number of hydrogen-bond donors (Lipinski definition) is 2. The third-order valence-electron chi connectivity index (χ3n) is 3.40. The van der Waals surface area contributed by atoms with Crippen LogP contribution < -0.4 is 5.32 Å². The van der Waals surface area contributed by atoms with Crippen LogP contribution in [0.1, 0.15) is 21.5 Å². The van der Waals surface area contributed by atoms with Crippen molar-refractivity contribution in [2.45, 2.75) is 19.1 Å². The number of aliphatic hydroxyl groups excluding tert-OH is 1. The molecular formula is C18H21NO3. The first-order valence-corrected chi connectivity index (χ1v) is 7.29. The van der Waals surface area contributed by atoms with E-state index in [0.29, 0.717) is 25.1 Å². The molecule has 2 aromatic rings. The van der Waals surface area contributed by atoms with Crippen molar-refractivity contribution in [3.63, 3.8) is 0 Å². The quantitative estimate of drug-likeness (QED) is 0.769. The number of rotatable bonds is 7. The molecule has 0 heterocycles. The number of esters is 1. The fraction of sp³-hybridized carbons (Fsp3) is 0.278.